The Bertz CT molecular complexity index is 615. The molecule has 0 spiro atoms. The van der Waals surface area contributed by atoms with Crippen LogP contribution in [0.15, 0.2) is 35.3 Å². The Morgan fingerprint density at radius 2 is 2.00 bits per heavy atom. The van der Waals surface area contributed by atoms with Gasteiger partial charge in [-0.3, -0.25) is 4.99 Å². The lowest BCUT2D eigenvalue weighted by molar-refractivity contribution is 0.250. The fourth-order valence-electron chi connectivity index (χ4n) is 3.56. The van der Waals surface area contributed by atoms with Gasteiger partial charge in [-0.1, -0.05) is 18.2 Å². The standard InChI is InChI=1S/C21H27N3OP/c1-21(2,22-15-18-9-6-7-10-18)17-25-26-23-14-8-13-20(23)16-24(26)19-11-4-3-5-12-19/h3-7,9-12,15,20H,8,13-14,16-17H2,1-2H3/t20-,26-/m0/s1. The monoisotopic (exact) mass is 368 g/mol. The summed E-state index contributed by atoms with van der Waals surface area (Å²) in [5.74, 6) is 1.15. The maximum Gasteiger partial charge on any atom is 0.218 e. The van der Waals surface area contributed by atoms with Crippen molar-refractivity contribution in [1.82, 2.24) is 4.67 Å². The first-order valence-corrected chi connectivity index (χ1v) is 10.6. The molecule has 2 saturated heterocycles. The van der Waals surface area contributed by atoms with Crippen LogP contribution in [-0.2, 0) is 4.52 Å². The molecule has 5 radical (unpaired) electrons. The van der Waals surface area contributed by atoms with Crippen molar-refractivity contribution in [3.05, 3.63) is 61.9 Å². The van der Waals surface area contributed by atoms with Crippen LogP contribution in [0, 0.1) is 31.6 Å². The van der Waals surface area contributed by atoms with Crippen LogP contribution in [0.25, 0.3) is 0 Å². The molecule has 2 atom stereocenters. The Balaban J connectivity index is 1.42. The van der Waals surface area contributed by atoms with E-state index in [0.29, 0.717) is 12.6 Å². The third-order valence-corrected chi connectivity index (χ3v) is 7.13. The van der Waals surface area contributed by atoms with E-state index in [-0.39, 0.29) is 5.54 Å². The molecule has 0 N–H and O–H groups in total. The molecule has 4 rings (SSSR count). The molecule has 1 saturated carbocycles. The highest BCUT2D eigenvalue weighted by molar-refractivity contribution is 7.52. The smallest absolute Gasteiger partial charge is 0.218 e. The predicted molar refractivity (Wildman–Crippen MR) is 109 cm³/mol. The summed E-state index contributed by atoms with van der Waals surface area (Å²) in [7, 11) is -0.752. The zero-order chi connectivity index (χ0) is 18.0. The van der Waals surface area contributed by atoms with Crippen LogP contribution in [0.2, 0.25) is 0 Å². The molecule has 1 aromatic rings. The number of anilines is 1. The Morgan fingerprint density at radius 1 is 1.23 bits per heavy atom. The lowest BCUT2D eigenvalue weighted by Gasteiger charge is -2.31. The largest absolute Gasteiger partial charge is 0.324 e. The quantitative estimate of drug-likeness (QED) is 0.548. The second kappa shape index (κ2) is 7.96. The molecule has 0 bridgehead atoms. The van der Waals surface area contributed by atoms with E-state index >= 15 is 0 Å². The zero-order valence-electron chi connectivity index (χ0n) is 15.6. The van der Waals surface area contributed by atoms with Gasteiger partial charge in [0.2, 0.25) is 8.45 Å². The van der Waals surface area contributed by atoms with Crippen molar-refractivity contribution < 1.29 is 4.52 Å². The van der Waals surface area contributed by atoms with Gasteiger partial charge in [0, 0.05) is 37.0 Å². The molecule has 3 fully saturated rings. The summed E-state index contributed by atoms with van der Waals surface area (Å²) >= 11 is 0. The highest BCUT2D eigenvalue weighted by Gasteiger charge is 2.44. The van der Waals surface area contributed by atoms with Gasteiger partial charge in [-0.15, -0.1) is 0 Å². The first-order valence-electron chi connectivity index (χ1n) is 9.41. The number of benzene rings is 1. The molecule has 1 aromatic carbocycles. The van der Waals surface area contributed by atoms with E-state index in [1.807, 2.05) is 19.1 Å². The Hall–Kier alpha value is -0.960. The second-order valence-corrected chi connectivity index (χ2v) is 9.45. The minimum absolute atomic E-state index is 0.236. The minimum atomic E-state index is -0.752. The summed E-state index contributed by atoms with van der Waals surface area (Å²) in [6, 6.07) is 11.3. The molecule has 3 aliphatic rings. The third-order valence-electron chi connectivity index (χ3n) is 5.00. The minimum Gasteiger partial charge on any atom is -0.324 e. The fourth-order valence-corrected chi connectivity index (χ4v) is 6.00. The summed E-state index contributed by atoms with van der Waals surface area (Å²) in [5.41, 5.74) is 1.03. The van der Waals surface area contributed by atoms with Gasteiger partial charge in [0.25, 0.3) is 0 Å². The van der Waals surface area contributed by atoms with Gasteiger partial charge in [-0.25, -0.2) is 4.67 Å². The highest BCUT2D eigenvalue weighted by atomic mass is 31.2. The van der Waals surface area contributed by atoms with Crippen molar-refractivity contribution in [3.63, 3.8) is 0 Å². The topological polar surface area (TPSA) is 28.1 Å². The molecule has 0 aromatic heterocycles. The predicted octanol–water partition coefficient (Wildman–Crippen LogP) is 4.47. The lowest BCUT2D eigenvalue weighted by Crippen LogP contribution is -2.27. The summed E-state index contributed by atoms with van der Waals surface area (Å²) in [5, 5.41) is 0. The van der Waals surface area contributed by atoms with Gasteiger partial charge in [0.1, 0.15) is 0 Å². The fraction of sp³-hybridized carbons (Fsp3) is 0.429. The van der Waals surface area contributed by atoms with E-state index < -0.39 is 8.45 Å². The molecule has 0 unspecified atom stereocenters. The Morgan fingerprint density at radius 3 is 2.77 bits per heavy atom. The lowest BCUT2D eigenvalue weighted by atomic mass is 10.1. The molecule has 2 heterocycles. The maximum atomic E-state index is 6.52. The third kappa shape index (κ3) is 4.13. The molecule has 5 heteroatoms. The van der Waals surface area contributed by atoms with Crippen LogP contribution in [0.4, 0.5) is 5.69 Å². The molecular weight excluding hydrogens is 341 g/mol. The van der Waals surface area contributed by atoms with Crippen molar-refractivity contribution >= 4 is 20.4 Å². The van der Waals surface area contributed by atoms with Crippen LogP contribution in [0.3, 0.4) is 0 Å². The zero-order valence-corrected chi connectivity index (χ0v) is 16.5. The van der Waals surface area contributed by atoms with Crippen LogP contribution in [0.1, 0.15) is 26.7 Å². The number of aliphatic imine (C=N–C) groups is 1. The SMILES string of the molecule is CC(C)(CO[P@]1N(c2ccccc2)C[C@@H]2CCCN21)N=C[C]1[CH][CH][CH][CH]1. The van der Waals surface area contributed by atoms with Crippen molar-refractivity contribution in [1.29, 1.82) is 0 Å². The number of fused-ring (bicyclic) bond motifs is 1. The summed E-state index contributed by atoms with van der Waals surface area (Å²) < 4.78 is 11.6. The average molecular weight is 368 g/mol. The molecule has 0 amide bonds. The highest BCUT2D eigenvalue weighted by Crippen LogP contribution is 2.57. The van der Waals surface area contributed by atoms with Gasteiger partial charge < -0.3 is 9.19 Å². The number of para-hydroxylation sites is 1. The van der Waals surface area contributed by atoms with Crippen LogP contribution >= 0.6 is 8.45 Å². The molecular formula is C21H27N3OP. The van der Waals surface area contributed by atoms with Gasteiger partial charge in [-0.2, -0.15) is 0 Å². The summed E-state index contributed by atoms with van der Waals surface area (Å²) in [6.07, 6.45) is 12.8. The molecule has 4 nitrogen and oxygen atoms in total. The van der Waals surface area contributed by atoms with Gasteiger partial charge in [0.15, 0.2) is 0 Å². The first-order chi connectivity index (χ1) is 12.6. The van der Waals surface area contributed by atoms with Gasteiger partial charge in [-0.05, 0) is 64.5 Å². The average Bonchev–Trinajstić information content (AvgIpc) is 3.36. The van der Waals surface area contributed by atoms with Crippen molar-refractivity contribution in [2.24, 2.45) is 4.99 Å². The molecule has 1 aliphatic carbocycles. The normalized spacial score (nSPS) is 27.7. The molecule has 26 heavy (non-hydrogen) atoms. The summed E-state index contributed by atoms with van der Waals surface area (Å²) in [4.78, 5) is 4.77. The maximum absolute atomic E-state index is 6.52. The summed E-state index contributed by atoms with van der Waals surface area (Å²) in [6.45, 7) is 7.14. The van der Waals surface area contributed by atoms with E-state index in [9.17, 15) is 0 Å². The number of rotatable bonds is 6. The Labute approximate surface area is 159 Å². The number of nitrogens with zero attached hydrogens (tertiary/aromatic N) is 3. The molecule has 2 aliphatic heterocycles. The van der Waals surface area contributed by atoms with Crippen LogP contribution in [0.5, 0.6) is 0 Å². The van der Waals surface area contributed by atoms with E-state index in [2.05, 4.69) is 66.4 Å². The van der Waals surface area contributed by atoms with Crippen LogP contribution < -0.4 is 4.67 Å². The number of hydrogen-bond acceptors (Lipinski definition) is 4. The Kier molecular flexibility index (Phi) is 5.63. The molecule has 137 valence electrons. The second-order valence-electron chi connectivity index (χ2n) is 7.69. The van der Waals surface area contributed by atoms with E-state index in [0.717, 1.165) is 19.0 Å². The van der Waals surface area contributed by atoms with Gasteiger partial charge in [0.05, 0.1) is 12.1 Å². The number of hydrogen-bond donors (Lipinski definition) is 0. The van der Waals surface area contributed by atoms with E-state index in [1.165, 1.54) is 18.5 Å². The van der Waals surface area contributed by atoms with Crippen molar-refractivity contribution in [2.45, 2.75) is 38.3 Å². The van der Waals surface area contributed by atoms with Crippen molar-refractivity contribution in [3.8, 4) is 0 Å². The van der Waals surface area contributed by atoms with E-state index in [4.69, 9.17) is 9.52 Å². The van der Waals surface area contributed by atoms with Crippen LogP contribution in [-0.4, -0.2) is 42.2 Å². The van der Waals surface area contributed by atoms with E-state index in [1.54, 1.807) is 0 Å². The van der Waals surface area contributed by atoms with Crippen molar-refractivity contribution in [2.75, 3.05) is 24.4 Å². The van der Waals surface area contributed by atoms with Gasteiger partial charge >= 0.3 is 0 Å². The first kappa shape index (κ1) is 18.4.